The predicted molar refractivity (Wildman–Crippen MR) is 70.6 cm³/mol. The van der Waals surface area contributed by atoms with E-state index in [1.54, 1.807) is 0 Å². The average molecular weight is 484 g/mol. The van der Waals surface area contributed by atoms with Crippen LogP contribution in [-0.2, 0) is 0 Å². The second-order valence-corrected chi connectivity index (χ2v) is 5.64. The van der Waals surface area contributed by atoms with E-state index in [9.17, 15) is 20.2 Å². The van der Waals surface area contributed by atoms with Gasteiger partial charge in [0.25, 0.3) is 11.4 Å². The largest absolute Gasteiger partial charge is 0.300 e. The van der Waals surface area contributed by atoms with Crippen LogP contribution in [-0.4, -0.2) is 9.85 Å². The molecule has 0 N–H and O–H groups in total. The summed E-state index contributed by atoms with van der Waals surface area (Å²) in [5, 5.41) is 21.5. The highest BCUT2D eigenvalue weighted by atomic mass is 79.9. The van der Waals surface area contributed by atoms with E-state index in [1.807, 2.05) is 0 Å². The summed E-state index contributed by atoms with van der Waals surface area (Å²) < 4.78 is 0.0529. The molecule has 0 spiro atoms. The summed E-state index contributed by atoms with van der Waals surface area (Å²) in [7, 11) is 0. The molecule has 0 bridgehead atoms. The van der Waals surface area contributed by atoms with Crippen LogP contribution in [0.2, 0.25) is 0 Å². The fraction of sp³-hybridized carbons (Fsp3) is 0. The van der Waals surface area contributed by atoms with Crippen molar-refractivity contribution < 1.29 is 9.85 Å². The molecule has 1 aromatic rings. The highest BCUT2D eigenvalue weighted by Gasteiger charge is 2.32. The zero-order valence-electron chi connectivity index (χ0n) is 7.04. The van der Waals surface area contributed by atoms with Crippen molar-refractivity contribution in [2.75, 3.05) is 0 Å². The monoisotopic (exact) mass is 480 g/mol. The zero-order valence-corrected chi connectivity index (χ0v) is 13.4. The first-order valence-electron chi connectivity index (χ1n) is 3.43. The lowest BCUT2D eigenvalue weighted by molar-refractivity contribution is -0.391. The van der Waals surface area contributed by atoms with Crippen molar-refractivity contribution in [2.45, 2.75) is 0 Å². The molecule has 1 rings (SSSR count). The van der Waals surface area contributed by atoms with E-state index < -0.39 is 9.85 Å². The highest BCUT2D eigenvalue weighted by molar-refractivity contribution is 9.14. The molecule has 0 heterocycles. The van der Waals surface area contributed by atoms with Gasteiger partial charge < -0.3 is 0 Å². The van der Waals surface area contributed by atoms with Gasteiger partial charge in [-0.1, -0.05) is 0 Å². The molecule has 1 aromatic carbocycles. The van der Waals surface area contributed by atoms with Crippen LogP contribution in [0.25, 0.3) is 0 Å². The van der Waals surface area contributed by atoms with Gasteiger partial charge in [0.15, 0.2) is 0 Å². The number of benzene rings is 1. The molecule has 86 valence electrons. The van der Waals surface area contributed by atoms with Crippen LogP contribution in [0.3, 0.4) is 0 Å². The minimum absolute atomic E-state index is 0.0132. The Morgan fingerprint density at radius 3 is 1.00 bits per heavy atom. The van der Waals surface area contributed by atoms with Gasteiger partial charge in [-0.15, -0.1) is 0 Å². The van der Waals surface area contributed by atoms with Gasteiger partial charge in [-0.3, -0.25) is 20.2 Å². The molecular weight excluding hydrogens is 484 g/mol. The quantitative estimate of drug-likeness (QED) is 0.351. The van der Waals surface area contributed by atoms with Gasteiger partial charge in [0.2, 0.25) is 0 Å². The Bertz CT molecular complexity index is 430. The van der Waals surface area contributed by atoms with Crippen LogP contribution in [0, 0.1) is 20.2 Å². The molecule has 16 heavy (non-hydrogen) atoms. The molecule has 10 heteroatoms. The van der Waals surface area contributed by atoms with Crippen molar-refractivity contribution in [1.82, 2.24) is 0 Å². The molecule has 0 amide bonds. The summed E-state index contributed by atoms with van der Waals surface area (Å²) in [6.07, 6.45) is 0. The summed E-state index contributed by atoms with van der Waals surface area (Å²) in [5.41, 5.74) is -0.575. The maximum Gasteiger partial charge on any atom is 0.300 e. The summed E-state index contributed by atoms with van der Waals surface area (Å²) in [4.78, 5) is 20.2. The Labute approximate surface area is 122 Å². The van der Waals surface area contributed by atoms with Crippen LogP contribution in [0.1, 0.15) is 0 Å². The van der Waals surface area contributed by atoms with Gasteiger partial charge in [-0.2, -0.15) is 0 Å². The van der Waals surface area contributed by atoms with Crippen molar-refractivity contribution in [3.63, 3.8) is 0 Å². The third-order valence-electron chi connectivity index (χ3n) is 1.58. The van der Waals surface area contributed by atoms with Gasteiger partial charge in [0.05, 0.1) is 9.85 Å². The van der Waals surface area contributed by atoms with E-state index >= 15 is 0 Å². The average Bonchev–Trinajstić information content (AvgIpc) is 2.14. The van der Waals surface area contributed by atoms with Gasteiger partial charge in [-0.05, 0) is 63.7 Å². The van der Waals surface area contributed by atoms with Crippen molar-refractivity contribution in [1.29, 1.82) is 0 Å². The SMILES string of the molecule is O=[N+]([O-])c1c(Br)c(Br)c([N+](=O)[O-])c(Br)c1Br. The molecule has 0 saturated carbocycles. The fourth-order valence-electron chi connectivity index (χ4n) is 0.929. The maximum atomic E-state index is 10.8. The highest BCUT2D eigenvalue weighted by Crippen LogP contribution is 2.49. The second-order valence-electron chi connectivity index (χ2n) is 2.47. The van der Waals surface area contributed by atoms with Crippen molar-refractivity contribution in [3.05, 3.63) is 38.1 Å². The van der Waals surface area contributed by atoms with Crippen molar-refractivity contribution in [3.8, 4) is 0 Å². The number of halogens is 4. The maximum absolute atomic E-state index is 10.8. The van der Waals surface area contributed by atoms with Crippen molar-refractivity contribution >= 4 is 75.1 Å². The Balaban J connectivity index is 3.77. The van der Waals surface area contributed by atoms with E-state index in [-0.39, 0.29) is 29.3 Å². The lowest BCUT2D eigenvalue weighted by Crippen LogP contribution is -1.98. The lowest BCUT2D eigenvalue weighted by Gasteiger charge is -2.05. The van der Waals surface area contributed by atoms with Gasteiger partial charge >= 0.3 is 0 Å². The number of nitrogens with zero attached hydrogens (tertiary/aromatic N) is 2. The standard InChI is InChI=1S/C6Br4N2O4/c7-1-2(8)6(12(15)16)4(10)3(9)5(1)11(13)14. The zero-order chi connectivity index (χ0) is 12.6. The number of rotatable bonds is 2. The van der Waals surface area contributed by atoms with E-state index in [1.165, 1.54) is 0 Å². The predicted octanol–water partition coefficient (Wildman–Crippen LogP) is 4.55. The molecule has 0 unspecified atom stereocenters. The first-order chi connectivity index (χ1) is 7.29. The third kappa shape index (κ3) is 2.29. The number of nitro groups is 2. The van der Waals surface area contributed by atoms with Gasteiger partial charge in [0, 0.05) is 0 Å². The van der Waals surface area contributed by atoms with Crippen LogP contribution in [0.4, 0.5) is 11.4 Å². The molecule has 6 nitrogen and oxygen atoms in total. The number of hydrogen-bond donors (Lipinski definition) is 0. The first-order valence-corrected chi connectivity index (χ1v) is 6.61. The van der Waals surface area contributed by atoms with Crippen LogP contribution in [0.5, 0.6) is 0 Å². The van der Waals surface area contributed by atoms with Crippen LogP contribution < -0.4 is 0 Å². The van der Waals surface area contributed by atoms with Gasteiger partial charge in [-0.25, -0.2) is 0 Å². The Morgan fingerprint density at radius 2 is 0.875 bits per heavy atom. The van der Waals surface area contributed by atoms with Crippen LogP contribution >= 0.6 is 63.7 Å². The Kier molecular flexibility index (Phi) is 4.43. The molecular formula is C6Br4N2O4. The minimum Gasteiger partial charge on any atom is -0.258 e. The molecule has 0 aliphatic carbocycles. The smallest absolute Gasteiger partial charge is 0.258 e. The lowest BCUT2D eigenvalue weighted by atomic mass is 10.3. The summed E-state index contributed by atoms with van der Waals surface area (Å²) in [5.74, 6) is 0. The van der Waals surface area contributed by atoms with Crippen molar-refractivity contribution in [2.24, 2.45) is 0 Å². The third-order valence-corrected chi connectivity index (χ3v) is 5.73. The molecule has 0 radical (unpaired) electrons. The molecule has 0 fully saturated rings. The molecule has 0 aliphatic rings. The summed E-state index contributed by atoms with van der Waals surface area (Å²) in [6.45, 7) is 0. The number of hydrogen-bond acceptors (Lipinski definition) is 4. The Hall–Kier alpha value is -0.0600. The molecule has 0 aliphatic heterocycles. The van der Waals surface area contributed by atoms with E-state index in [0.29, 0.717) is 0 Å². The Morgan fingerprint density at radius 1 is 0.688 bits per heavy atom. The molecule has 0 saturated heterocycles. The molecule has 0 aromatic heterocycles. The van der Waals surface area contributed by atoms with E-state index in [2.05, 4.69) is 63.7 Å². The van der Waals surface area contributed by atoms with Crippen LogP contribution in [0.15, 0.2) is 17.9 Å². The van der Waals surface area contributed by atoms with E-state index in [4.69, 9.17) is 0 Å². The summed E-state index contributed by atoms with van der Waals surface area (Å²) in [6, 6.07) is 0. The topological polar surface area (TPSA) is 86.3 Å². The second kappa shape index (κ2) is 5.07. The minimum atomic E-state index is -0.645. The van der Waals surface area contributed by atoms with Gasteiger partial charge in [0.1, 0.15) is 17.9 Å². The first kappa shape index (κ1) is 14.0. The summed E-state index contributed by atoms with van der Waals surface area (Å²) >= 11 is 11.8. The van der Waals surface area contributed by atoms with E-state index in [0.717, 1.165) is 0 Å². The fourth-order valence-corrected chi connectivity index (χ4v) is 3.58. The number of nitro benzene ring substituents is 2. The normalized spacial score (nSPS) is 10.2. The molecule has 0 atom stereocenters.